The van der Waals surface area contributed by atoms with Crippen LogP contribution in [-0.2, 0) is 9.53 Å². The summed E-state index contributed by atoms with van der Waals surface area (Å²) in [5, 5.41) is 52.8. The number of carbonyl (C=O) groups is 1. The Morgan fingerprint density at radius 3 is 2.55 bits per heavy atom. The Labute approximate surface area is 180 Å². The van der Waals surface area contributed by atoms with E-state index < -0.39 is 36.8 Å². The van der Waals surface area contributed by atoms with Crippen LogP contribution in [0.3, 0.4) is 0 Å². The minimum Gasteiger partial charge on any atom is -0.504 e. The summed E-state index contributed by atoms with van der Waals surface area (Å²) in [5.41, 5.74) is 0.972. The molecule has 1 aliphatic heterocycles. The van der Waals surface area contributed by atoms with E-state index in [0.717, 1.165) is 19.3 Å². The molecule has 7 atom stereocenters. The molecule has 2 fully saturated rings. The van der Waals surface area contributed by atoms with Gasteiger partial charge in [-0.1, -0.05) is 18.9 Å². The van der Waals surface area contributed by atoms with E-state index in [-0.39, 0.29) is 23.4 Å². The first-order valence-electron chi connectivity index (χ1n) is 10.5. The Bertz CT molecular complexity index is 811. The lowest BCUT2D eigenvalue weighted by molar-refractivity contribution is -0.129. The lowest BCUT2D eigenvalue weighted by atomic mass is 9.92. The van der Waals surface area contributed by atoms with E-state index in [0.29, 0.717) is 17.6 Å². The monoisotopic (exact) mass is 437 g/mol. The van der Waals surface area contributed by atoms with Crippen LogP contribution >= 0.6 is 0 Å². The molecule has 1 amide bonds. The molecular formula is C22H31NO8. The molecule has 2 aliphatic rings. The standard InChI is InChI=1S/C22H31NO8/c1-11(21(29)23-14-5-3-4-6-15(14)25)9-13-7-8-17(16(26)10-13)30-22-19(28)18(27)20(31-22)12(2)24/h7-10,12,14-15,18-20,22,24-28H,3-6H2,1-2H3,(H,23,29)/b11-9+/t12-,14+,15-,18-,19-,20+,22+/m0/s1. The van der Waals surface area contributed by atoms with Gasteiger partial charge in [-0.05, 0) is 50.5 Å². The Kier molecular flexibility index (Phi) is 7.55. The van der Waals surface area contributed by atoms with Gasteiger partial charge in [0.25, 0.3) is 0 Å². The van der Waals surface area contributed by atoms with Gasteiger partial charge in [0.1, 0.15) is 18.3 Å². The Morgan fingerprint density at radius 1 is 1.23 bits per heavy atom. The third kappa shape index (κ3) is 5.55. The number of hydrogen-bond acceptors (Lipinski definition) is 8. The van der Waals surface area contributed by atoms with Crippen LogP contribution in [0, 0.1) is 0 Å². The number of aliphatic hydroxyl groups is 4. The molecule has 9 nitrogen and oxygen atoms in total. The number of aliphatic hydroxyl groups excluding tert-OH is 4. The second-order valence-electron chi connectivity index (χ2n) is 8.30. The highest BCUT2D eigenvalue weighted by Gasteiger charge is 2.46. The maximum Gasteiger partial charge on any atom is 0.247 e. The van der Waals surface area contributed by atoms with Crippen LogP contribution in [-0.4, -0.2) is 74.3 Å². The topological polar surface area (TPSA) is 149 Å². The molecule has 1 saturated carbocycles. The fraction of sp³-hybridized carbons (Fsp3) is 0.591. The van der Waals surface area contributed by atoms with Crippen molar-refractivity contribution >= 4 is 12.0 Å². The second kappa shape index (κ2) is 9.97. The Balaban J connectivity index is 1.64. The zero-order valence-corrected chi connectivity index (χ0v) is 17.6. The summed E-state index contributed by atoms with van der Waals surface area (Å²) < 4.78 is 10.8. The number of ether oxygens (including phenoxy) is 2. The first kappa shape index (κ1) is 23.5. The van der Waals surface area contributed by atoms with Crippen molar-refractivity contribution in [2.24, 2.45) is 0 Å². The van der Waals surface area contributed by atoms with E-state index in [9.17, 15) is 30.3 Å². The van der Waals surface area contributed by atoms with Gasteiger partial charge in [-0.3, -0.25) is 4.79 Å². The Hall–Kier alpha value is -2.17. The number of carbonyl (C=O) groups excluding carboxylic acids is 1. The van der Waals surface area contributed by atoms with E-state index in [4.69, 9.17) is 9.47 Å². The van der Waals surface area contributed by atoms with Crippen molar-refractivity contribution in [3.63, 3.8) is 0 Å². The second-order valence-corrected chi connectivity index (χ2v) is 8.30. The highest BCUT2D eigenvalue weighted by molar-refractivity contribution is 5.97. The maximum atomic E-state index is 12.4. The van der Waals surface area contributed by atoms with Crippen LogP contribution in [0.4, 0.5) is 0 Å². The molecule has 0 spiro atoms. The summed E-state index contributed by atoms with van der Waals surface area (Å²) in [6.45, 7) is 3.07. The van der Waals surface area contributed by atoms with Gasteiger partial charge < -0.3 is 40.3 Å². The fourth-order valence-electron chi connectivity index (χ4n) is 3.89. The van der Waals surface area contributed by atoms with E-state index in [2.05, 4.69) is 5.32 Å². The molecule has 1 aromatic carbocycles. The smallest absolute Gasteiger partial charge is 0.247 e. The third-order valence-electron chi connectivity index (χ3n) is 5.75. The maximum absolute atomic E-state index is 12.4. The number of amides is 1. The van der Waals surface area contributed by atoms with Crippen LogP contribution < -0.4 is 10.1 Å². The molecule has 0 aromatic heterocycles. The van der Waals surface area contributed by atoms with E-state index in [1.165, 1.54) is 19.1 Å². The number of rotatable bonds is 6. The zero-order chi connectivity index (χ0) is 22.7. The molecular weight excluding hydrogens is 406 g/mol. The summed E-state index contributed by atoms with van der Waals surface area (Å²) in [6, 6.07) is 4.21. The highest BCUT2D eigenvalue weighted by Crippen LogP contribution is 2.32. The van der Waals surface area contributed by atoms with Crippen LogP contribution in [0.5, 0.6) is 11.5 Å². The molecule has 31 heavy (non-hydrogen) atoms. The SMILES string of the molecule is C/C(=C\c1ccc(O[C@@H]2O[C@H]([C@H](C)O)[C@@H](O)[C@@H]2O)c(O)c1)C(=O)N[C@@H]1CCCC[C@@H]1O. The summed E-state index contributed by atoms with van der Waals surface area (Å²) in [4.78, 5) is 12.4. The average Bonchev–Trinajstić information content (AvgIpc) is 3.00. The van der Waals surface area contributed by atoms with Crippen LogP contribution in [0.25, 0.3) is 6.08 Å². The van der Waals surface area contributed by atoms with Crippen LogP contribution in [0.1, 0.15) is 45.1 Å². The number of phenolic OH excluding ortho intramolecular Hbond substituents is 1. The van der Waals surface area contributed by atoms with Crippen molar-refractivity contribution in [3.8, 4) is 11.5 Å². The summed E-state index contributed by atoms with van der Waals surface area (Å²) in [5.74, 6) is -0.506. The molecule has 9 heteroatoms. The van der Waals surface area contributed by atoms with Gasteiger partial charge in [0, 0.05) is 5.57 Å². The third-order valence-corrected chi connectivity index (χ3v) is 5.75. The number of phenols is 1. The molecule has 1 saturated heterocycles. The largest absolute Gasteiger partial charge is 0.504 e. The summed E-state index contributed by atoms with van der Waals surface area (Å²) in [7, 11) is 0. The van der Waals surface area contributed by atoms with Crippen molar-refractivity contribution in [3.05, 3.63) is 29.3 Å². The van der Waals surface area contributed by atoms with Gasteiger partial charge in [-0.2, -0.15) is 0 Å². The van der Waals surface area contributed by atoms with Crippen molar-refractivity contribution < 1.29 is 39.8 Å². The van der Waals surface area contributed by atoms with Crippen molar-refractivity contribution in [2.75, 3.05) is 0 Å². The number of nitrogens with one attached hydrogen (secondary N) is 1. The average molecular weight is 437 g/mol. The predicted molar refractivity (Wildman–Crippen MR) is 111 cm³/mol. The van der Waals surface area contributed by atoms with E-state index >= 15 is 0 Å². The van der Waals surface area contributed by atoms with Crippen LogP contribution in [0.15, 0.2) is 23.8 Å². The van der Waals surface area contributed by atoms with Crippen molar-refractivity contribution in [1.82, 2.24) is 5.32 Å². The normalized spacial score (nSPS) is 32.5. The molecule has 0 radical (unpaired) electrons. The molecule has 172 valence electrons. The highest BCUT2D eigenvalue weighted by atomic mass is 16.7. The zero-order valence-electron chi connectivity index (χ0n) is 17.6. The summed E-state index contributed by atoms with van der Waals surface area (Å²) >= 11 is 0. The molecule has 1 aromatic rings. The first-order chi connectivity index (χ1) is 14.7. The molecule has 6 N–H and O–H groups in total. The van der Waals surface area contributed by atoms with E-state index in [1.54, 1.807) is 19.1 Å². The number of hydrogen-bond donors (Lipinski definition) is 6. The number of aromatic hydroxyl groups is 1. The number of benzene rings is 1. The van der Waals surface area contributed by atoms with Gasteiger partial charge >= 0.3 is 0 Å². The molecule has 3 rings (SSSR count). The molecule has 0 bridgehead atoms. The van der Waals surface area contributed by atoms with Crippen LogP contribution in [0.2, 0.25) is 0 Å². The first-order valence-corrected chi connectivity index (χ1v) is 10.5. The van der Waals surface area contributed by atoms with Gasteiger partial charge in [-0.15, -0.1) is 0 Å². The minimum atomic E-state index is -1.39. The van der Waals surface area contributed by atoms with Gasteiger partial charge in [0.05, 0.1) is 18.2 Å². The minimum absolute atomic E-state index is 0.0204. The lowest BCUT2D eigenvalue weighted by Crippen LogP contribution is -2.45. The van der Waals surface area contributed by atoms with Crippen molar-refractivity contribution in [2.45, 2.75) is 82.4 Å². The van der Waals surface area contributed by atoms with Gasteiger partial charge in [0.2, 0.25) is 12.2 Å². The van der Waals surface area contributed by atoms with Gasteiger partial charge in [-0.25, -0.2) is 0 Å². The molecule has 1 heterocycles. The fourth-order valence-corrected chi connectivity index (χ4v) is 3.89. The quantitative estimate of drug-likeness (QED) is 0.351. The van der Waals surface area contributed by atoms with E-state index in [1.807, 2.05) is 0 Å². The van der Waals surface area contributed by atoms with Crippen molar-refractivity contribution in [1.29, 1.82) is 0 Å². The predicted octanol–water partition coefficient (Wildman–Crippen LogP) is 0.421. The summed E-state index contributed by atoms with van der Waals surface area (Å²) in [6.07, 6.45) is -1.57. The van der Waals surface area contributed by atoms with Gasteiger partial charge in [0.15, 0.2) is 11.5 Å². The molecule has 1 aliphatic carbocycles. The molecule has 0 unspecified atom stereocenters. The Morgan fingerprint density at radius 2 is 1.94 bits per heavy atom. The lowest BCUT2D eigenvalue weighted by Gasteiger charge is -2.28.